The number of benzene rings is 2. The third-order valence-corrected chi connectivity index (χ3v) is 6.23. The number of aliphatic imine (C=N–C) groups is 1. The lowest BCUT2D eigenvalue weighted by Crippen LogP contribution is -2.39. The second-order valence-electron chi connectivity index (χ2n) is 8.43. The van der Waals surface area contributed by atoms with Gasteiger partial charge in [0.2, 0.25) is 11.9 Å². The number of anilines is 1. The van der Waals surface area contributed by atoms with Gasteiger partial charge in [-0.25, -0.2) is 9.67 Å². The highest BCUT2D eigenvalue weighted by molar-refractivity contribution is 6.10. The van der Waals surface area contributed by atoms with E-state index in [0.29, 0.717) is 40.4 Å². The molecule has 0 aliphatic carbocycles. The number of carbonyl (C=O) groups excluding carboxylic acids is 1. The number of ether oxygens (including phenoxy) is 3. The third kappa shape index (κ3) is 4.61. The van der Waals surface area contributed by atoms with E-state index in [4.69, 9.17) is 24.3 Å². The average Bonchev–Trinajstić information content (AvgIpc) is 3.36. The quantitative estimate of drug-likeness (QED) is 0.404. The van der Waals surface area contributed by atoms with Gasteiger partial charge < -0.3 is 19.5 Å². The highest BCUT2D eigenvalue weighted by Crippen LogP contribution is 2.39. The summed E-state index contributed by atoms with van der Waals surface area (Å²) in [5.74, 6) is 1.89. The summed E-state index contributed by atoms with van der Waals surface area (Å²) in [5.41, 5.74) is 2.83. The summed E-state index contributed by atoms with van der Waals surface area (Å²) < 4.78 is 17.8. The summed E-state index contributed by atoms with van der Waals surface area (Å²) in [6.45, 7) is 1.83. The molecule has 0 spiro atoms. The molecule has 0 bridgehead atoms. The van der Waals surface area contributed by atoms with E-state index in [2.05, 4.69) is 15.3 Å². The lowest BCUT2D eigenvalue weighted by atomic mass is 9.87. The minimum atomic E-state index is -0.638. The zero-order valence-corrected chi connectivity index (χ0v) is 20.9. The maximum Gasteiger partial charge on any atom is 0.248 e. The van der Waals surface area contributed by atoms with Crippen LogP contribution in [0.5, 0.6) is 17.2 Å². The van der Waals surface area contributed by atoms with Gasteiger partial charge in [0.15, 0.2) is 17.3 Å². The summed E-state index contributed by atoms with van der Waals surface area (Å²) >= 11 is 0. The normalized spacial score (nSPS) is 16.4. The molecule has 1 N–H and O–H groups in total. The Morgan fingerprint density at radius 2 is 1.76 bits per heavy atom. The number of nitrogens with zero attached hydrogens (tertiary/aromatic N) is 5. The molecule has 37 heavy (non-hydrogen) atoms. The van der Waals surface area contributed by atoms with E-state index in [-0.39, 0.29) is 5.91 Å². The van der Waals surface area contributed by atoms with Crippen molar-refractivity contribution in [1.29, 1.82) is 0 Å². The van der Waals surface area contributed by atoms with Gasteiger partial charge >= 0.3 is 0 Å². The van der Waals surface area contributed by atoms with Crippen molar-refractivity contribution >= 4 is 23.3 Å². The number of nitrogens with one attached hydrogen (secondary N) is 1. The van der Waals surface area contributed by atoms with Crippen molar-refractivity contribution in [3.63, 3.8) is 0 Å². The predicted octanol–water partition coefficient (Wildman–Crippen LogP) is 4.32. The fraction of sp³-hybridized carbons (Fsp3) is 0.222. The number of rotatable bonds is 7. The predicted molar refractivity (Wildman–Crippen MR) is 139 cm³/mol. The van der Waals surface area contributed by atoms with E-state index in [1.807, 2.05) is 43.3 Å². The molecule has 2 unspecified atom stereocenters. The van der Waals surface area contributed by atoms with Crippen LogP contribution in [0.3, 0.4) is 0 Å². The smallest absolute Gasteiger partial charge is 0.248 e. The van der Waals surface area contributed by atoms with Gasteiger partial charge in [0.05, 0.1) is 39.3 Å². The third-order valence-electron chi connectivity index (χ3n) is 6.23. The van der Waals surface area contributed by atoms with Gasteiger partial charge in [-0.05, 0) is 55.0 Å². The largest absolute Gasteiger partial charge is 0.497 e. The number of hydrogen-bond donors (Lipinski definition) is 1. The van der Waals surface area contributed by atoms with Gasteiger partial charge in [0.1, 0.15) is 11.7 Å². The minimum absolute atomic E-state index is 0.219. The number of pyridine rings is 1. The first kappa shape index (κ1) is 24.0. The molecule has 10 nitrogen and oxygen atoms in total. The second kappa shape index (κ2) is 10.1. The van der Waals surface area contributed by atoms with Crippen molar-refractivity contribution in [3.05, 3.63) is 72.6 Å². The van der Waals surface area contributed by atoms with Gasteiger partial charge in [-0.1, -0.05) is 12.1 Å². The minimum Gasteiger partial charge on any atom is -0.497 e. The van der Waals surface area contributed by atoms with Crippen LogP contribution in [0.2, 0.25) is 0 Å². The number of carbonyl (C=O) groups is 1. The number of fused-ring (bicyclic) bond motifs is 1. The van der Waals surface area contributed by atoms with Crippen LogP contribution >= 0.6 is 0 Å². The van der Waals surface area contributed by atoms with Crippen LogP contribution in [0.4, 0.5) is 11.6 Å². The zero-order chi connectivity index (χ0) is 25.9. The fourth-order valence-electron chi connectivity index (χ4n) is 4.40. The van der Waals surface area contributed by atoms with Crippen molar-refractivity contribution in [3.8, 4) is 28.6 Å². The Kier molecular flexibility index (Phi) is 6.55. The molecule has 2 atom stereocenters. The molecular formula is C27H26N6O4. The lowest BCUT2D eigenvalue weighted by Gasteiger charge is -2.30. The maximum atomic E-state index is 13.6. The van der Waals surface area contributed by atoms with Crippen molar-refractivity contribution < 1.29 is 19.0 Å². The van der Waals surface area contributed by atoms with Crippen molar-refractivity contribution in [2.24, 2.45) is 10.9 Å². The van der Waals surface area contributed by atoms with Crippen LogP contribution in [0, 0.1) is 5.92 Å². The molecule has 2 aromatic heterocycles. The molecule has 1 aliphatic rings. The first-order chi connectivity index (χ1) is 18.0. The van der Waals surface area contributed by atoms with Crippen molar-refractivity contribution in [2.45, 2.75) is 13.0 Å². The summed E-state index contributed by atoms with van der Waals surface area (Å²) in [4.78, 5) is 27.0. The standard InChI is InChI=1S/C27H26N6O4/c1-16-23(26(34)30-19-6-5-13-28-15-19)24(17-7-10-20(35-2)11-8-17)33-27(29-16)31-25(32-33)18-9-12-21(36-3)22(14-18)37-4/h5-15,23-24H,1-4H3,(H,30,34). The highest BCUT2D eigenvalue weighted by Gasteiger charge is 2.39. The van der Waals surface area contributed by atoms with E-state index in [9.17, 15) is 4.79 Å². The molecule has 2 aromatic carbocycles. The Morgan fingerprint density at radius 1 is 0.973 bits per heavy atom. The summed E-state index contributed by atoms with van der Waals surface area (Å²) in [6, 6.07) is 16.1. The number of hydrogen-bond acceptors (Lipinski definition) is 8. The average molecular weight is 499 g/mol. The summed E-state index contributed by atoms with van der Waals surface area (Å²) in [6.07, 6.45) is 3.26. The Bertz CT molecular complexity index is 1450. The number of aromatic nitrogens is 4. The van der Waals surface area contributed by atoms with Crippen LogP contribution in [0.25, 0.3) is 11.4 Å². The highest BCUT2D eigenvalue weighted by atomic mass is 16.5. The second-order valence-corrected chi connectivity index (χ2v) is 8.43. The zero-order valence-electron chi connectivity index (χ0n) is 20.9. The van der Waals surface area contributed by atoms with Crippen molar-refractivity contribution in [1.82, 2.24) is 19.7 Å². The molecule has 0 saturated heterocycles. The first-order valence-electron chi connectivity index (χ1n) is 11.6. The molecule has 3 heterocycles. The van der Waals surface area contributed by atoms with E-state index in [1.54, 1.807) is 56.6 Å². The Hall–Kier alpha value is -4.73. The molecule has 4 aromatic rings. The van der Waals surface area contributed by atoms with Crippen molar-refractivity contribution in [2.75, 3.05) is 26.6 Å². The van der Waals surface area contributed by atoms with Crippen LogP contribution in [0.1, 0.15) is 18.5 Å². The molecule has 0 fully saturated rings. The Balaban J connectivity index is 1.59. The van der Waals surface area contributed by atoms with E-state index in [1.165, 1.54) is 0 Å². The van der Waals surface area contributed by atoms with Gasteiger partial charge in [-0.15, -0.1) is 5.10 Å². The number of methoxy groups -OCH3 is 3. The van der Waals surface area contributed by atoms with Gasteiger partial charge in [-0.2, -0.15) is 4.98 Å². The SMILES string of the molecule is COc1ccc(C2C(C(=O)Nc3cccnc3)C(C)=Nc3nc(-c4ccc(OC)c(OC)c4)nn32)cc1. The van der Waals surface area contributed by atoms with E-state index >= 15 is 0 Å². The topological polar surface area (TPSA) is 113 Å². The van der Waals surface area contributed by atoms with E-state index in [0.717, 1.165) is 11.1 Å². The molecular weight excluding hydrogens is 472 g/mol. The van der Waals surface area contributed by atoms with Crippen LogP contribution in [0.15, 0.2) is 72.0 Å². The lowest BCUT2D eigenvalue weighted by molar-refractivity contribution is -0.118. The Morgan fingerprint density at radius 3 is 2.43 bits per heavy atom. The molecule has 10 heteroatoms. The summed E-state index contributed by atoms with van der Waals surface area (Å²) in [7, 11) is 4.77. The molecule has 1 aliphatic heterocycles. The summed E-state index contributed by atoms with van der Waals surface area (Å²) in [5, 5.41) is 7.77. The fourth-order valence-corrected chi connectivity index (χ4v) is 4.40. The number of amides is 1. The molecule has 0 radical (unpaired) electrons. The van der Waals surface area contributed by atoms with Crippen LogP contribution < -0.4 is 19.5 Å². The van der Waals surface area contributed by atoms with Gasteiger partial charge in [0.25, 0.3) is 0 Å². The molecule has 1 amide bonds. The van der Waals surface area contributed by atoms with Gasteiger partial charge in [-0.3, -0.25) is 9.78 Å². The van der Waals surface area contributed by atoms with Crippen LogP contribution in [-0.4, -0.2) is 52.7 Å². The molecule has 0 saturated carbocycles. The van der Waals surface area contributed by atoms with Crippen LogP contribution in [-0.2, 0) is 4.79 Å². The molecule has 5 rings (SSSR count). The maximum absolute atomic E-state index is 13.6. The monoisotopic (exact) mass is 498 g/mol. The first-order valence-corrected chi connectivity index (χ1v) is 11.6. The van der Waals surface area contributed by atoms with Gasteiger partial charge in [0, 0.05) is 17.5 Å². The van der Waals surface area contributed by atoms with E-state index < -0.39 is 12.0 Å². The Labute approximate surface area is 214 Å². The molecule has 188 valence electrons.